The number of benzene rings is 2. The van der Waals surface area contributed by atoms with E-state index in [2.05, 4.69) is 20.9 Å². The van der Waals surface area contributed by atoms with E-state index in [0.29, 0.717) is 24.7 Å². The molecule has 11 heteroatoms. The van der Waals surface area contributed by atoms with Gasteiger partial charge in [0.05, 0.1) is 18.6 Å². The molecular formula is C37H53N5O6. The Hall–Kier alpha value is -3.96. The average Bonchev–Trinajstić information content (AvgIpc) is 3.03. The molecule has 6 N–H and O–H groups in total. The molecule has 6 atom stereocenters. The summed E-state index contributed by atoms with van der Waals surface area (Å²) in [6.45, 7) is 6.90. The van der Waals surface area contributed by atoms with Gasteiger partial charge in [0.1, 0.15) is 12.6 Å². The molecule has 11 nitrogen and oxygen atoms in total. The summed E-state index contributed by atoms with van der Waals surface area (Å²) in [5, 5.41) is 20.3. The normalized spacial score (nSPS) is 21.5. The van der Waals surface area contributed by atoms with E-state index in [1.54, 1.807) is 12.1 Å². The third-order valence-corrected chi connectivity index (χ3v) is 9.30. The maximum atomic E-state index is 13.6. The van der Waals surface area contributed by atoms with Crippen molar-refractivity contribution in [3.8, 4) is 0 Å². The van der Waals surface area contributed by atoms with E-state index in [1.165, 1.54) is 12.8 Å². The summed E-state index contributed by atoms with van der Waals surface area (Å²) in [6.07, 6.45) is 3.88. The Labute approximate surface area is 284 Å². The Balaban J connectivity index is 1.49. The van der Waals surface area contributed by atoms with Gasteiger partial charge in [-0.2, -0.15) is 0 Å². The van der Waals surface area contributed by atoms with Crippen LogP contribution in [0.15, 0.2) is 60.7 Å². The predicted molar refractivity (Wildman–Crippen MR) is 183 cm³/mol. The Bertz CT molecular complexity index is 1350. The Morgan fingerprint density at radius 1 is 0.938 bits per heavy atom. The Morgan fingerprint density at radius 2 is 1.56 bits per heavy atom. The first kappa shape index (κ1) is 36.9. The molecule has 0 spiro atoms. The number of carbonyl (C=O) groups is 4. The third-order valence-electron chi connectivity index (χ3n) is 9.30. The fourth-order valence-corrected chi connectivity index (χ4v) is 7.02. The maximum Gasteiger partial charge on any atom is 0.408 e. The number of nitrogens with one attached hydrogen (secondary N) is 3. The fourth-order valence-electron chi connectivity index (χ4n) is 7.02. The van der Waals surface area contributed by atoms with E-state index in [9.17, 15) is 24.3 Å². The van der Waals surface area contributed by atoms with E-state index in [0.717, 1.165) is 36.9 Å². The van der Waals surface area contributed by atoms with Crippen LogP contribution in [0, 0.1) is 11.8 Å². The summed E-state index contributed by atoms with van der Waals surface area (Å²) in [4.78, 5) is 53.5. The summed E-state index contributed by atoms with van der Waals surface area (Å²) in [5.41, 5.74) is 6.77. The highest BCUT2D eigenvalue weighted by Crippen LogP contribution is 2.39. The summed E-state index contributed by atoms with van der Waals surface area (Å²) in [5.74, 6) is -0.388. The van der Waals surface area contributed by atoms with Crippen molar-refractivity contribution < 1.29 is 29.0 Å². The van der Waals surface area contributed by atoms with Crippen LogP contribution in [-0.2, 0) is 32.1 Å². The van der Waals surface area contributed by atoms with Gasteiger partial charge in [0.2, 0.25) is 17.7 Å². The standard InChI is InChI=1S/C37H53N5O6/c1-37(2,3)41-34(45)20-29-19-27-16-10-11-17-28(27)22-42(29)23-32(43)30(18-25-12-6-4-7-13-25)39-35(46)31(21-33(38)44)40-36(47)48-24-26-14-8-5-9-15-26/h4-9,12-15,27-32,43H,10-11,16-24H2,1-3H3,(H2,38,44)(H,39,46)(H,40,47)(H,41,45)/t27-,28+,29-,30-,31-,32+/m0/s1. The van der Waals surface area contributed by atoms with E-state index in [-0.39, 0.29) is 30.6 Å². The lowest BCUT2D eigenvalue weighted by Gasteiger charge is -2.47. The largest absolute Gasteiger partial charge is 0.445 e. The number of alkyl carbamates (subject to hydrolysis) is 1. The third kappa shape index (κ3) is 11.9. The molecule has 0 aromatic heterocycles. The van der Waals surface area contributed by atoms with E-state index in [1.807, 2.05) is 69.3 Å². The summed E-state index contributed by atoms with van der Waals surface area (Å²) in [7, 11) is 0. The zero-order chi connectivity index (χ0) is 34.7. The monoisotopic (exact) mass is 663 g/mol. The highest BCUT2D eigenvalue weighted by molar-refractivity contribution is 5.90. The van der Waals surface area contributed by atoms with Gasteiger partial charge >= 0.3 is 6.09 Å². The van der Waals surface area contributed by atoms with Gasteiger partial charge in [0.15, 0.2) is 0 Å². The van der Waals surface area contributed by atoms with E-state index >= 15 is 0 Å². The maximum absolute atomic E-state index is 13.6. The van der Waals surface area contributed by atoms with Crippen LogP contribution in [0.25, 0.3) is 0 Å². The van der Waals surface area contributed by atoms with Crippen LogP contribution < -0.4 is 21.7 Å². The van der Waals surface area contributed by atoms with Gasteiger partial charge in [0.25, 0.3) is 0 Å². The summed E-state index contributed by atoms with van der Waals surface area (Å²) >= 11 is 0. The first-order valence-corrected chi connectivity index (χ1v) is 17.2. The van der Waals surface area contributed by atoms with Crippen LogP contribution in [0.5, 0.6) is 0 Å². The molecule has 2 fully saturated rings. The Kier molecular flexibility index (Phi) is 13.4. The van der Waals surface area contributed by atoms with Gasteiger partial charge in [-0.1, -0.05) is 79.9 Å². The van der Waals surface area contributed by atoms with Crippen molar-refractivity contribution in [2.45, 2.75) is 109 Å². The quantitative estimate of drug-likeness (QED) is 0.207. The first-order valence-electron chi connectivity index (χ1n) is 17.2. The van der Waals surface area contributed by atoms with Crippen LogP contribution in [-0.4, -0.2) is 76.7 Å². The number of nitrogens with two attached hydrogens (primary N) is 1. The number of ether oxygens (including phenoxy) is 1. The molecule has 1 heterocycles. The smallest absolute Gasteiger partial charge is 0.408 e. The molecule has 0 radical (unpaired) electrons. The number of β-amino-alcohol motifs (C(OH)–C–C–N with tert-alkyl or cyclic N) is 1. The molecule has 1 saturated heterocycles. The number of hydrogen-bond acceptors (Lipinski definition) is 7. The summed E-state index contributed by atoms with van der Waals surface area (Å²) in [6, 6.07) is 16.5. The SMILES string of the molecule is CC(C)(C)NC(=O)C[C@@H]1C[C@@H]2CCCC[C@@H]2CN1C[C@@H](O)[C@H](Cc1ccccc1)NC(=O)[C@H](CC(N)=O)NC(=O)OCc1ccccc1. The van der Waals surface area contributed by atoms with Crippen molar-refractivity contribution >= 4 is 23.8 Å². The number of nitrogens with zero attached hydrogens (tertiary/aromatic N) is 1. The lowest BCUT2D eigenvalue weighted by Crippen LogP contribution is -2.58. The minimum Gasteiger partial charge on any atom is -0.445 e. The van der Waals surface area contributed by atoms with Crippen LogP contribution >= 0.6 is 0 Å². The molecule has 2 aromatic rings. The number of amides is 4. The van der Waals surface area contributed by atoms with E-state index < -0.39 is 42.5 Å². The number of primary amides is 1. The number of carbonyl (C=O) groups excluding carboxylic acids is 4. The fraction of sp³-hybridized carbons (Fsp3) is 0.568. The first-order chi connectivity index (χ1) is 22.9. The minimum atomic E-state index is -1.30. The van der Waals surface area contributed by atoms with Crippen molar-refractivity contribution in [3.05, 3.63) is 71.8 Å². The van der Waals surface area contributed by atoms with Crippen molar-refractivity contribution in [3.63, 3.8) is 0 Å². The topological polar surface area (TPSA) is 163 Å². The lowest BCUT2D eigenvalue weighted by molar-refractivity contribution is -0.128. The van der Waals surface area contributed by atoms with Crippen LogP contribution in [0.1, 0.15) is 76.8 Å². The van der Waals surface area contributed by atoms with Crippen molar-refractivity contribution in [1.29, 1.82) is 0 Å². The molecule has 48 heavy (non-hydrogen) atoms. The van der Waals surface area contributed by atoms with Gasteiger partial charge in [-0.05, 0) is 63.0 Å². The molecule has 4 rings (SSSR count). The van der Waals surface area contributed by atoms with Gasteiger partial charge < -0.3 is 31.5 Å². The molecule has 1 aliphatic carbocycles. The van der Waals surface area contributed by atoms with Gasteiger partial charge in [-0.3, -0.25) is 19.3 Å². The van der Waals surface area contributed by atoms with Crippen LogP contribution in [0.3, 0.4) is 0 Å². The highest BCUT2D eigenvalue weighted by atomic mass is 16.5. The molecule has 4 amide bonds. The lowest BCUT2D eigenvalue weighted by atomic mass is 9.72. The predicted octanol–water partition coefficient (Wildman–Crippen LogP) is 3.43. The van der Waals surface area contributed by atoms with Crippen LogP contribution in [0.2, 0.25) is 0 Å². The van der Waals surface area contributed by atoms with Gasteiger partial charge in [-0.25, -0.2) is 4.79 Å². The number of hydrogen-bond donors (Lipinski definition) is 5. The number of aliphatic hydroxyl groups excluding tert-OH is 1. The van der Waals surface area contributed by atoms with Crippen LogP contribution in [0.4, 0.5) is 4.79 Å². The number of fused-ring (bicyclic) bond motifs is 1. The zero-order valence-electron chi connectivity index (χ0n) is 28.5. The number of likely N-dealkylation sites (tertiary alicyclic amines) is 1. The average molecular weight is 664 g/mol. The van der Waals surface area contributed by atoms with Crippen molar-refractivity contribution in [2.24, 2.45) is 17.6 Å². The molecule has 0 unspecified atom stereocenters. The van der Waals surface area contributed by atoms with Crippen molar-refractivity contribution in [1.82, 2.24) is 20.9 Å². The second-order valence-electron chi connectivity index (χ2n) is 14.5. The van der Waals surface area contributed by atoms with Gasteiger partial charge in [-0.15, -0.1) is 0 Å². The molecule has 0 bridgehead atoms. The second-order valence-corrected chi connectivity index (χ2v) is 14.5. The van der Waals surface area contributed by atoms with Gasteiger partial charge in [0, 0.05) is 31.1 Å². The molecule has 2 aromatic carbocycles. The minimum absolute atomic E-state index is 0.0143. The van der Waals surface area contributed by atoms with Crippen molar-refractivity contribution in [2.75, 3.05) is 13.1 Å². The number of aliphatic hydroxyl groups is 1. The Morgan fingerprint density at radius 3 is 2.19 bits per heavy atom. The number of rotatable bonds is 14. The molecule has 262 valence electrons. The molecule has 2 aliphatic rings. The zero-order valence-corrected chi connectivity index (χ0v) is 28.5. The molecular weight excluding hydrogens is 610 g/mol. The highest BCUT2D eigenvalue weighted by Gasteiger charge is 2.39. The molecule has 1 aliphatic heterocycles. The molecule has 1 saturated carbocycles. The second kappa shape index (κ2) is 17.4. The summed E-state index contributed by atoms with van der Waals surface area (Å²) < 4.78 is 5.28. The number of piperidine rings is 1. The van der Waals surface area contributed by atoms with E-state index in [4.69, 9.17) is 10.5 Å².